The minimum atomic E-state index is -1.09. The van der Waals surface area contributed by atoms with Gasteiger partial charge in [-0.1, -0.05) is 26.0 Å². The number of nitrogens with one attached hydrogen (secondary N) is 2. The Labute approximate surface area is 187 Å². The van der Waals surface area contributed by atoms with E-state index in [0.717, 1.165) is 0 Å². The SMILES string of the molecule is CC(C)CC(N)C(=O)NCC(=O)NC(Cc1ccc(O)cc1)C(=O)N1CCCC1C(=O)O. The van der Waals surface area contributed by atoms with Gasteiger partial charge in [-0.05, 0) is 42.9 Å². The number of carboxylic acid groups (broad SMARTS) is 1. The van der Waals surface area contributed by atoms with Crippen molar-refractivity contribution in [2.45, 2.75) is 57.7 Å². The van der Waals surface area contributed by atoms with Gasteiger partial charge in [-0.3, -0.25) is 14.4 Å². The van der Waals surface area contributed by atoms with Crippen LogP contribution in [0, 0.1) is 5.92 Å². The van der Waals surface area contributed by atoms with E-state index in [1.54, 1.807) is 12.1 Å². The van der Waals surface area contributed by atoms with Crippen molar-refractivity contribution in [2.24, 2.45) is 11.7 Å². The highest BCUT2D eigenvalue weighted by Gasteiger charge is 2.37. The summed E-state index contributed by atoms with van der Waals surface area (Å²) in [7, 11) is 0. The third-order valence-corrected chi connectivity index (χ3v) is 5.32. The molecule has 3 unspecified atom stereocenters. The van der Waals surface area contributed by atoms with Gasteiger partial charge < -0.3 is 31.5 Å². The molecular formula is C22H32N4O6. The number of hydrogen-bond donors (Lipinski definition) is 5. The number of amides is 3. The number of nitrogens with two attached hydrogens (primary N) is 1. The molecule has 2 rings (SSSR count). The highest BCUT2D eigenvalue weighted by atomic mass is 16.4. The number of nitrogens with zero attached hydrogens (tertiary/aromatic N) is 1. The van der Waals surface area contributed by atoms with Gasteiger partial charge in [0.25, 0.3) is 0 Å². The molecule has 10 nitrogen and oxygen atoms in total. The molecule has 0 bridgehead atoms. The Kier molecular flexibility index (Phi) is 9.01. The summed E-state index contributed by atoms with van der Waals surface area (Å²) in [4.78, 5) is 50.5. The fourth-order valence-corrected chi connectivity index (χ4v) is 3.71. The average Bonchev–Trinajstić information content (AvgIpc) is 3.22. The number of phenolic OH excluding ortho intramolecular Hbond substituents is 1. The second kappa shape index (κ2) is 11.5. The first-order valence-corrected chi connectivity index (χ1v) is 10.7. The maximum Gasteiger partial charge on any atom is 0.326 e. The van der Waals surface area contributed by atoms with E-state index in [2.05, 4.69) is 10.6 Å². The molecule has 1 aliphatic rings. The molecule has 10 heteroatoms. The first kappa shape index (κ1) is 25.1. The number of likely N-dealkylation sites (tertiary alicyclic amines) is 1. The van der Waals surface area contributed by atoms with Gasteiger partial charge in [-0.2, -0.15) is 0 Å². The van der Waals surface area contributed by atoms with Gasteiger partial charge in [0.15, 0.2) is 0 Å². The molecule has 0 aliphatic carbocycles. The van der Waals surface area contributed by atoms with Gasteiger partial charge in [-0.15, -0.1) is 0 Å². The van der Waals surface area contributed by atoms with E-state index >= 15 is 0 Å². The van der Waals surface area contributed by atoms with Gasteiger partial charge in [0.1, 0.15) is 17.8 Å². The van der Waals surface area contributed by atoms with E-state index in [-0.39, 0.29) is 24.6 Å². The minimum absolute atomic E-state index is 0.0617. The van der Waals surface area contributed by atoms with Gasteiger partial charge in [0.2, 0.25) is 17.7 Å². The predicted octanol–water partition coefficient (Wildman–Crippen LogP) is -0.0153. The highest BCUT2D eigenvalue weighted by Crippen LogP contribution is 2.20. The van der Waals surface area contributed by atoms with E-state index < -0.39 is 41.8 Å². The van der Waals surface area contributed by atoms with Crippen molar-refractivity contribution in [1.82, 2.24) is 15.5 Å². The van der Waals surface area contributed by atoms with E-state index in [9.17, 15) is 29.4 Å². The summed E-state index contributed by atoms with van der Waals surface area (Å²) in [5.74, 6) is -2.35. The second-order valence-electron chi connectivity index (χ2n) is 8.47. The fourth-order valence-electron chi connectivity index (χ4n) is 3.71. The molecule has 32 heavy (non-hydrogen) atoms. The molecule has 0 saturated carbocycles. The second-order valence-corrected chi connectivity index (χ2v) is 8.47. The Bertz CT molecular complexity index is 826. The third-order valence-electron chi connectivity index (χ3n) is 5.32. The lowest BCUT2D eigenvalue weighted by molar-refractivity contribution is -0.149. The average molecular weight is 449 g/mol. The predicted molar refractivity (Wildman–Crippen MR) is 117 cm³/mol. The van der Waals surface area contributed by atoms with Gasteiger partial charge >= 0.3 is 5.97 Å². The van der Waals surface area contributed by atoms with Crippen molar-refractivity contribution in [3.8, 4) is 5.75 Å². The zero-order chi connectivity index (χ0) is 23.8. The minimum Gasteiger partial charge on any atom is -0.508 e. The van der Waals surface area contributed by atoms with Crippen LogP contribution in [-0.4, -0.2) is 70.0 Å². The number of rotatable bonds is 10. The summed E-state index contributed by atoms with van der Waals surface area (Å²) >= 11 is 0. The fraction of sp³-hybridized carbons (Fsp3) is 0.545. The number of aromatic hydroxyl groups is 1. The molecule has 1 aliphatic heterocycles. The Morgan fingerprint density at radius 1 is 1.19 bits per heavy atom. The smallest absolute Gasteiger partial charge is 0.326 e. The largest absolute Gasteiger partial charge is 0.508 e. The normalized spacial score (nSPS) is 17.6. The van der Waals surface area contributed by atoms with E-state index in [1.165, 1.54) is 17.0 Å². The number of aliphatic carboxylic acids is 1. The number of carbonyl (C=O) groups excluding carboxylic acids is 3. The standard InChI is InChI=1S/C22H32N4O6/c1-13(2)10-16(23)20(29)24-12-19(28)25-17(11-14-5-7-15(27)8-6-14)21(30)26-9-3-4-18(26)22(31)32/h5-8,13,16-18,27H,3-4,9-12,23H2,1-2H3,(H,24,29)(H,25,28)(H,31,32). The highest BCUT2D eigenvalue weighted by molar-refractivity contribution is 5.93. The molecule has 1 heterocycles. The summed E-state index contributed by atoms with van der Waals surface area (Å²) in [5, 5.41) is 24.0. The lowest BCUT2D eigenvalue weighted by Crippen LogP contribution is -2.54. The summed E-state index contributed by atoms with van der Waals surface area (Å²) in [6, 6.07) is 3.47. The van der Waals surface area contributed by atoms with Crippen LogP contribution >= 0.6 is 0 Å². The Hall–Kier alpha value is -3.14. The van der Waals surface area contributed by atoms with Crippen molar-refractivity contribution in [3.05, 3.63) is 29.8 Å². The van der Waals surface area contributed by atoms with Gasteiger partial charge in [0.05, 0.1) is 12.6 Å². The molecule has 1 aromatic carbocycles. The lowest BCUT2D eigenvalue weighted by Gasteiger charge is -2.27. The lowest BCUT2D eigenvalue weighted by atomic mass is 10.0. The number of hydrogen-bond acceptors (Lipinski definition) is 6. The van der Waals surface area contributed by atoms with Gasteiger partial charge in [-0.25, -0.2) is 4.79 Å². The number of phenols is 1. The van der Waals surface area contributed by atoms with Crippen LogP contribution in [0.5, 0.6) is 5.75 Å². The zero-order valence-corrected chi connectivity index (χ0v) is 18.4. The van der Waals surface area contributed by atoms with Crippen molar-refractivity contribution >= 4 is 23.7 Å². The van der Waals surface area contributed by atoms with Gasteiger partial charge in [0, 0.05) is 13.0 Å². The van der Waals surface area contributed by atoms with Crippen LogP contribution in [0.25, 0.3) is 0 Å². The molecule has 1 saturated heterocycles. The van der Waals surface area contributed by atoms with Crippen molar-refractivity contribution < 1.29 is 29.4 Å². The maximum absolute atomic E-state index is 13.1. The summed E-state index contributed by atoms with van der Waals surface area (Å²) in [6.07, 6.45) is 1.49. The quantitative estimate of drug-likeness (QED) is 0.336. The van der Waals surface area contributed by atoms with Crippen molar-refractivity contribution in [2.75, 3.05) is 13.1 Å². The number of carboxylic acids is 1. The first-order valence-electron chi connectivity index (χ1n) is 10.7. The van der Waals surface area contributed by atoms with E-state index in [1.807, 2.05) is 13.8 Å². The maximum atomic E-state index is 13.1. The molecule has 3 amide bonds. The molecule has 3 atom stereocenters. The van der Waals surface area contributed by atoms with Crippen LogP contribution in [0.1, 0.15) is 38.7 Å². The number of benzene rings is 1. The summed E-state index contributed by atoms with van der Waals surface area (Å²) in [6.45, 7) is 3.80. The van der Waals surface area contributed by atoms with E-state index in [4.69, 9.17) is 5.73 Å². The van der Waals surface area contributed by atoms with Crippen LogP contribution in [0.3, 0.4) is 0 Å². The molecule has 1 aromatic rings. The Balaban J connectivity index is 2.07. The zero-order valence-electron chi connectivity index (χ0n) is 18.4. The van der Waals surface area contributed by atoms with Crippen molar-refractivity contribution in [3.63, 3.8) is 0 Å². The third kappa shape index (κ3) is 7.23. The van der Waals surface area contributed by atoms with E-state index in [0.29, 0.717) is 31.4 Å². The monoisotopic (exact) mass is 448 g/mol. The molecule has 0 aromatic heterocycles. The molecular weight excluding hydrogens is 416 g/mol. The first-order chi connectivity index (χ1) is 15.1. The summed E-state index contributed by atoms with van der Waals surface area (Å²) < 4.78 is 0. The Morgan fingerprint density at radius 3 is 2.44 bits per heavy atom. The topological polar surface area (TPSA) is 162 Å². The van der Waals surface area contributed by atoms with Crippen LogP contribution in [0.15, 0.2) is 24.3 Å². The molecule has 0 radical (unpaired) electrons. The van der Waals surface area contributed by atoms with Crippen LogP contribution in [0.4, 0.5) is 0 Å². The van der Waals surface area contributed by atoms with Crippen LogP contribution in [-0.2, 0) is 25.6 Å². The molecule has 0 spiro atoms. The van der Waals surface area contributed by atoms with Crippen molar-refractivity contribution in [1.29, 1.82) is 0 Å². The Morgan fingerprint density at radius 2 is 1.84 bits per heavy atom. The summed E-state index contributed by atoms with van der Waals surface area (Å²) in [5.41, 5.74) is 6.49. The number of carbonyl (C=O) groups is 4. The van der Waals surface area contributed by atoms with Crippen LogP contribution < -0.4 is 16.4 Å². The molecule has 176 valence electrons. The molecule has 1 fully saturated rings. The van der Waals surface area contributed by atoms with Crippen LogP contribution in [0.2, 0.25) is 0 Å². The molecule has 6 N–H and O–H groups in total.